The zero-order chi connectivity index (χ0) is 34.7. The fraction of sp³-hybridized carbons (Fsp3) is 0.270. The Morgan fingerprint density at radius 1 is 0.771 bits per heavy atom. The minimum Gasteiger partial charge on any atom is -0.463 e. The predicted molar refractivity (Wildman–Crippen MR) is 185 cm³/mol. The lowest BCUT2D eigenvalue weighted by atomic mass is 9.83. The van der Waals surface area contributed by atoms with Crippen molar-refractivity contribution in [2.24, 2.45) is 5.92 Å². The van der Waals surface area contributed by atoms with Crippen molar-refractivity contribution in [1.82, 2.24) is 4.90 Å². The molecule has 3 aromatic rings. The second kappa shape index (κ2) is 17.2. The molecule has 4 rings (SSSR count). The molecule has 3 aromatic carbocycles. The highest BCUT2D eigenvalue weighted by molar-refractivity contribution is 6.67. The Balaban J connectivity index is 1.77. The number of halogens is 3. The Kier molecular flexibility index (Phi) is 13.1. The second-order valence-corrected chi connectivity index (χ2v) is 12.9. The van der Waals surface area contributed by atoms with E-state index in [2.05, 4.69) is 11.8 Å². The molecule has 8 nitrogen and oxygen atoms in total. The minimum absolute atomic E-state index is 0.0565. The van der Waals surface area contributed by atoms with E-state index in [1.54, 1.807) is 30.9 Å². The van der Waals surface area contributed by atoms with E-state index in [4.69, 9.17) is 53.8 Å². The number of rotatable bonds is 11. The summed E-state index contributed by atoms with van der Waals surface area (Å²) in [6.07, 6.45) is 0. The van der Waals surface area contributed by atoms with Crippen molar-refractivity contribution in [1.29, 1.82) is 0 Å². The third-order valence-corrected chi connectivity index (χ3v) is 7.47. The average Bonchev–Trinajstić information content (AvgIpc) is 3.08. The average molecular weight is 711 g/mol. The number of hydrogen-bond donors (Lipinski definition) is 0. The van der Waals surface area contributed by atoms with Gasteiger partial charge in [-0.25, -0.2) is 14.4 Å². The van der Waals surface area contributed by atoms with Crippen LogP contribution in [0.1, 0.15) is 47.8 Å². The third kappa shape index (κ3) is 9.65. The van der Waals surface area contributed by atoms with E-state index in [0.29, 0.717) is 34.7 Å². The van der Waals surface area contributed by atoms with Crippen molar-refractivity contribution >= 4 is 58.4 Å². The molecule has 0 aliphatic carbocycles. The molecule has 0 saturated carbocycles. The Morgan fingerprint density at radius 2 is 1.40 bits per heavy atom. The molecule has 48 heavy (non-hydrogen) atoms. The van der Waals surface area contributed by atoms with E-state index >= 15 is 0 Å². The van der Waals surface area contributed by atoms with Crippen LogP contribution in [0.25, 0.3) is 5.70 Å². The van der Waals surface area contributed by atoms with E-state index in [1.807, 2.05) is 67.6 Å². The summed E-state index contributed by atoms with van der Waals surface area (Å²) >= 11 is 17.0. The molecule has 1 aliphatic heterocycles. The molecule has 1 unspecified atom stereocenters. The van der Waals surface area contributed by atoms with Gasteiger partial charge in [0, 0.05) is 17.9 Å². The first-order valence-corrected chi connectivity index (χ1v) is 16.3. The van der Waals surface area contributed by atoms with Gasteiger partial charge in [0.25, 0.3) is 0 Å². The molecule has 1 aliphatic rings. The van der Waals surface area contributed by atoms with Gasteiger partial charge in [0.2, 0.25) is 3.79 Å². The summed E-state index contributed by atoms with van der Waals surface area (Å²) < 4.78 is 20.5. The van der Waals surface area contributed by atoms with E-state index in [1.165, 1.54) is 12.1 Å². The minimum atomic E-state index is -1.74. The van der Waals surface area contributed by atoms with Gasteiger partial charge in [-0.2, -0.15) is 0 Å². The SMILES string of the molecule is CCOCN1C(C)=C(C(=O)OCC)C(C#Cc2ccccc2)C(C(=O)OCc2ccc(C(=O)OCC(Cl)(Cl)Cl)cc2)=C1c1ccccc1. The molecule has 0 saturated heterocycles. The monoisotopic (exact) mass is 709 g/mol. The maximum Gasteiger partial charge on any atom is 0.338 e. The number of hydrogen-bond acceptors (Lipinski definition) is 8. The van der Waals surface area contributed by atoms with Crippen LogP contribution in [-0.2, 0) is 35.1 Å². The highest BCUT2D eigenvalue weighted by Gasteiger charge is 2.41. The maximum atomic E-state index is 14.3. The Bertz CT molecular complexity index is 1720. The molecule has 1 heterocycles. The van der Waals surface area contributed by atoms with Crippen LogP contribution in [0.3, 0.4) is 0 Å². The number of esters is 3. The first kappa shape index (κ1) is 36.6. The third-order valence-electron chi connectivity index (χ3n) is 7.15. The zero-order valence-electron chi connectivity index (χ0n) is 26.6. The molecule has 0 spiro atoms. The number of nitrogens with zero attached hydrogens (tertiary/aromatic N) is 1. The number of allylic oxidation sites excluding steroid dienone is 1. The van der Waals surface area contributed by atoms with E-state index in [9.17, 15) is 14.4 Å². The largest absolute Gasteiger partial charge is 0.463 e. The number of carbonyl (C=O) groups excluding carboxylic acids is 3. The van der Waals surface area contributed by atoms with Gasteiger partial charge in [0.15, 0.2) is 0 Å². The van der Waals surface area contributed by atoms with E-state index in [-0.39, 0.29) is 36.7 Å². The Hall–Kier alpha value is -4.26. The fourth-order valence-electron chi connectivity index (χ4n) is 4.90. The number of benzene rings is 3. The van der Waals surface area contributed by atoms with Crippen molar-refractivity contribution in [2.75, 3.05) is 26.6 Å². The molecule has 0 amide bonds. The quantitative estimate of drug-likeness (QED) is 0.0876. The van der Waals surface area contributed by atoms with Crippen LogP contribution in [0, 0.1) is 17.8 Å². The lowest BCUT2D eigenvalue weighted by Crippen LogP contribution is -2.37. The van der Waals surface area contributed by atoms with Gasteiger partial charge >= 0.3 is 17.9 Å². The summed E-state index contributed by atoms with van der Waals surface area (Å²) in [4.78, 5) is 42.0. The number of carbonyl (C=O) groups is 3. The normalized spacial score (nSPS) is 14.6. The Morgan fingerprint density at radius 3 is 2.00 bits per heavy atom. The van der Waals surface area contributed by atoms with Crippen molar-refractivity contribution in [3.63, 3.8) is 0 Å². The maximum absolute atomic E-state index is 14.3. The number of alkyl halides is 3. The fourth-order valence-corrected chi connectivity index (χ4v) is 5.07. The van der Waals surface area contributed by atoms with Gasteiger partial charge in [-0.3, -0.25) is 0 Å². The molecular formula is C37H34Cl3NO7. The van der Waals surface area contributed by atoms with Gasteiger partial charge in [-0.15, -0.1) is 0 Å². The molecule has 0 fully saturated rings. The summed E-state index contributed by atoms with van der Waals surface area (Å²) in [5.41, 5.74) is 3.64. The van der Waals surface area contributed by atoms with Crippen LogP contribution >= 0.6 is 34.8 Å². The van der Waals surface area contributed by atoms with Crippen LogP contribution in [0.15, 0.2) is 102 Å². The highest BCUT2D eigenvalue weighted by Crippen LogP contribution is 2.41. The lowest BCUT2D eigenvalue weighted by molar-refractivity contribution is -0.141. The molecule has 0 radical (unpaired) electrons. The first-order valence-electron chi connectivity index (χ1n) is 15.1. The van der Waals surface area contributed by atoms with Crippen LogP contribution in [-0.4, -0.2) is 53.2 Å². The zero-order valence-corrected chi connectivity index (χ0v) is 28.9. The first-order chi connectivity index (χ1) is 23.0. The van der Waals surface area contributed by atoms with Crippen LogP contribution in [0.5, 0.6) is 0 Å². The van der Waals surface area contributed by atoms with Crippen LogP contribution < -0.4 is 0 Å². The second-order valence-electron chi connectivity index (χ2n) is 10.4. The standard InChI is InChI=1S/C37H34Cl3NO7/c1-4-45-24-41-25(3)31(35(43)46-5-2)30(21-18-26-12-8-6-9-13-26)32(33(41)28-14-10-7-11-15-28)36(44)47-22-27-16-19-29(20-17-27)34(42)48-23-37(38,39)40/h6-17,19-20,30H,4-5,22-24H2,1-3H3. The van der Waals surface area contributed by atoms with Crippen molar-refractivity contribution in [2.45, 2.75) is 31.2 Å². The molecule has 0 N–H and O–H groups in total. The molecule has 0 bridgehead atoms. The van der Waals surface area contributed by atoms with E-state index in [0.717, 1.165) is 0 Å². The van der Waals surface area contributed by atoms with Crippen LogP contribution in [0.2, 0.25) is 0 Å². The smallest absolute Gasteiger partial charge is 0.338 e. The van der Waals surface area contributed by atoms with Crippen molar-refractivity contribution in [3.8, 4) is 11.8 Å². The summed E-state index contributed by atoms with van der Waals surface area (Å²) in [7, 11) is 0. The summed E-state index contributed by atoms with van der Waals surface area (Å²) in [5.74, 6) is 3.36. The summed E-state index contributed by atoms with van der Waals surface area (Å²) in [6.45, 7) is 5.38. The Labute approximate surface area is 295 Å². The molecule has 1 atom stereocenters. The van der Waals surface area contributed by atoms with Gasteiger partial charge in [-0.05, 0) is 56.2 Å². The number of ether oxygens (including phenoxy) is 4. The van der Waals surface area contributed by atoms with Gasteiger partial charge in [-0.1, -0.05) is 107 Å². The van der Waals surface area contributed by atoms with Crippen molar-refractivity contribution in [3.05, 3.63) is 124 Å². The van der Waals surface area contributed by atoms with E-state index < -0.39 is 34.2 Å². The molecule has 11 heteroatoms. The van der Waals surface area contributed by atoms with Gasteiger partial charge in [0.05, 0.1) is 34.9 Å². The summed E-state index contributed by atoms with van der Waals surface area (Å²) in [6, 6.07) is 24.9. The molecular weight excluding hydrogens is 677 g/mol. The highest BCUT2D eigenvalue weighted by atomic mass is 35.6. The van der Waals surface area contributed by atoms with Gasteiger partial charge < -0.3 is 23.8 Å². The van der Waals surface area contributed by atoms with Gasteiger partial charge in [0.1, 0.15) is 19.9 Å². The topological polar surface area (TPSA) is 91.4 Å². The summed E-state index contributed by atoms with van der Waals surface area (Å²) in [5, 5.41) is 0. The van der Waals surface area contributed by atoms with Crippen molar-refractivity contribution < 1.29 is 33.3 Å². The molecule has 250 valence electrons. The molecule has 0 aromatic heterocycles. The lowest BCUT2D eigenvalue weighted by Gasteiger charge is -2.37. The van der Waals surface area contributed by atoms with Crippen LogP contribution in [0.4, 0.5) is 0 Å². The predicted octanol–water partition coefficient (Wildman–Crippen LogP) is 7.48.